The van der Waals surface area contributed by atoms with E-state index >= 15 is 0 Å². The van der Waals surface area contributed by atoms with Crippen LogP contribution < -0.4 is 11.1 Å². The van der Waals surface area contributed by atoms with E-state index in [4.69, 9.17) is 5.73 Å². The van der Waals surface area contributed by atoms with Gasteiger partial charge < -0.3 is 11.1 Å². The number of amides is 1. The largest absolute Gasteiger partial charge is 0.359 e. The van der Waals surface area contributed by atoms with Gasteiger partial charge in [-0.05, 0) is 43.0 Å². The predicted molar refractivity (Wildman–Crippen MR) is 66.3 cm³/mol. The van der Waals surface area contributed by atoms with E-state index in [1.54, 1.807) is 7.05 Å². The molecule has 88 valence electrons. The van der Waals surface area contributed by atoms with Gasteiger partial charge in [-0.3, -0.25) is 4.79 Å². The third-order valence-corrected chi connectivity index (χ3v) is 2.97. The Labute approximate surface area is 97.0 Å². The van der Waals surface area contributed by atoms with E-state index in [1.807, 2.05) is 6.92 Å². The summed E-state index contributed by atoms with van der Waals surface area (Å²) in [5, 5.41) is 2.59. The molecule has 1 amide bonds. The quantitative estimate of drug-likeness (QED) is 0.815. The van der Waals surface area contributed by atoms with Crippen molar-refractivity contribution in [2.75, 3.05) is 7.05 Å². The molecular formula is C13H20N2O. The zero-order valence-electron chi connectivity index (χ0n) is 10.4. The lowest BCUT2D eigenvalue weighted by Gasteiger charge is -2.16. The number of carbonyl (C=O) groups excluding carboxylic acids is 1. The molecule has 1 aromatic rings. The summed E-state index contributed by atoms with van der Waals surface area (Å²) in [5.74, 6) is -0.0230. The first-order valence-electron chi connectivity index (χ1n) is 5.49. The topological polar surface area (TPSA) is 55.1 Å². The summed E-state index contributed by atoms with van der Waals surface area (Å²) in [6.07, 6.45) is 0.333. The Morgan fingerprint density at radius 3 is 2.38 bits per heavy atom. The van der Waals surface area contributed by atoms with E-state index in [1.165, 1.54) is 11.1 Å². The van der Waals surface area contributed by atoms with E-state index in [2.05, 4.69) is 31.3 Å². The zero-order valence-corrected chi connectivity index (χ0v) is 10.4. The van der Waals surface area contributed by atoms with Crippen molar-refractivity contribution >= 4 is 5.91 Å². The first kappa shape index (κ1) is 12.7. The Hall–Kier alpha value is -1.35. The van der Waals surface area contributed by atoms with Gasteiger partial charge in [-0.15, -0.1) is 0 Å². The standard InChI is InChI=1S/C13H20N2O/c1-8-5-10(3)11(6-9(8)2)12(14)7-13(16)15-4/h5-6,12H,7,14H2,1-4H3,(H,15,16). The van der Waals surface area contributed by atoms with Crippen LogP contribution in [-0.2, 0) is 4.79 Å². The van der Waals surface area contributed by atoms with E-state index in [-0.39, 0.29) is 11.9 Å². The van der Waals surface area contributed by atoms with Gasteiger partial charge >= 0.3 is 0 Å². The second-order valence-corrected chi connectivity index (χ2v) is 4.28. The summed E-state index contributed by atoms with van der Waals surface area (Å²) in [5.41, 5.74) is 10.7. The second kappa shape index (κ2) is 5.12. The molecule has 0 aliphatic rings. The maximum atomic E-state index is 11.3. The smallest absolute Gasteiger partial charge is 0.221 e. The van der Waals surface area contributed by atoms with Gasteiger partial charge in [0.2, 0.25) is 5.91 Å². The number of nitrogens with two attached hydrogens (primary N) is 1. The van der Waals surface area contributed by atoms with Gasteiger partial charge in [0.25, 0.3) is 0 Å². The highest BCUT2D eigenvalue weighted by Crippen LogP contribution is 2.22. The number of hydrogen-bond acceptors (Lipinski definition) is 2. The van der Waals surface area contributed by atoms with Crippen LogP contribution in [0.5, 0.6) is 0 Å². The zero-order chi connectivity index (χ0) is 12.3. The minimum Gasteiger partial charge on any atom is -0.359 e. The van der Waals surface area contributed by atoms with E-state index in [0.717, 1.165) is 11.1 Å². The second-order valence-electron chi connectivity index (χ2n) is 4.28. The van der Waals surface area contributed by atoms with Gasteiger partial charge in [-0.25, -0.2) is 0 Å². The van der Waals surface area contributed by atoms with Crippen LogP contribution in [-0.4, -0.2) is 13.0 Å². The summed E-state index contributed by atoms with van der Waals surface area (Å²) >= 11 is 0. The van der Waals surface area contributed by atoms with Crippen LogP contribution >= 0.6 is 0 Å². The first-order valence-corrected chi connectivity index (χ1v) is 5.49. The molecule has 0 heterocycles. The van der Waals surface area contributed by atoms with Crippen molar-refractivity contribution in [2.45, 2.75) is 33.2 Å². The Morgan fingerprint density at radius 2 is 1.81 bits per heavy atom. The minimum atomic E-state index is -0.223. The molecule has 0 aromatic heterocycles. The molecule has 1 atom stereocenters. The summed E-state index contributed by atoms with van der Waals surface area (Å²) in [4.78, 5) is 11.3. The molecule has 0 aliphatic heterocycles. The molecule has 0 saturated heterocycles. The van der Waals surface area contributed by atoms with Crippen LogP contribution in [0, 0.1) is 20.8 Å². The van der Waals surface area contributed by atoms with Gasteiger partial charge in [0.05, 0.1) is 0 Å². The number of benzene rings is 1. The van der Waals surface area contributed by atoms with Crippen molar-refractivity contribution in [2.24, 2.45) is 5.73 Å². The molecule has 16 heavy (non-hydrogen) atoms. The maximum Gasteiger partial charge on any atom is 0.221 e. The minimum absolute atomic E-state index is 0.0230. The maximum absolute atomic E-state index is 11.3. The molecule has 0 spiro atoms. The van der Waals surface area contributed by atoms with Crippen molar-refractivity contribution in [3.8, 4) is 0 Å². The normalized spacial score (nSPS) is 12.3. The number of carbonyl (C=O) groups is 1. The lowest BCUT2D eigenvalue weighted by Crippen LogP contribution is -2.24. The fraction of sp³-hybridized carbons (Fsp3) is 0.462. The summed E-state index contributed by atoms with van der Waals surface area (Å²) in [7, 11) is 1.63. The van der Waals surface area contributed by atoms with Gasteiger partial charge in [0.15, 0.2) is 0 Å². The molecule has 0 saturated carbocycles. The monoisotopic (exact) mass is 220 g/mol. The molecule has 0 radical (unpaired) electrons. The van der Waals surface area contributed by atoms with Crippen LogP contribution in [0.3, 0.4) is 0 Å². The number of aryl methyl sites for hydroxylation is 3. The van der Waals surface area contributed by atoms with Crippen LogP contribution in [0.4, 0.5) is 0 Å². The van der Waals surface area contributed by atoms with Gasteiger partial charge in [-0.1, -0.05) is 12.1 Å². The fourth-order valence-electron chi connectivity index (χ4n) is 1.79. The first-order chi connectivity index (χ1) is 7.45. The molecule has 3 N–H and O–H groups in total. The Morgan fingerprint density at radius 1 is 1.25 bits per heavy atom. The highest BCUT2D eigenvalue weighted by Gasteiger charge is 2.13. The molecule has 0 bridgehead atoms. The van der Waals surface area contributed by atoms with E-state index in [0.29, 0.717) is 6.42 Å². The van der Waals surface area contributed by atoms with Crippen molar-refractivity contribution in [3.63, 3.8) is 0 Å². The molecular weight excluding hydrogens is 200 g/mol. The third kappa shape index (κ3) is 2.83. The van der Waals surface area contributed by atoms with Crippen LogP contribution in [0.25, 0.3) is 0 Å². The lowest BCUT2D eigenvalue weighted by atomic mass is 9.94. The van der Waals surface area contributed by atoms with Crippen molar-refractivity contribution in [1.82, 2.24) is 5.32 Å². The van der Waals surface area contributed by atoms with E-state index < -0.39 is 0 Å². The predicted octanol–water partition coefficient (Wildman–Crippen LogP) is 1.75. The number of rotatable bonds is 3. The molecule has 1 unspecified atom stereocenters. The van der Waals surface area contributed by atoms with Gasteiger partial charge in [0.1, 0.15) is 0 Å². The molecule has 3 nitrogen and oxygen atoms in total. The molecule has 0 aliphatic carbocycles. The van der Waals surface area contributed by atoms with Crippen LogP contribution in [0.15, 0.2) is 12.1 Å². The number of nitrogens with one attached hydrogen (secondary N) is 1. The SMILES string of the molecule is CNC(=O)CC(N)c1cc(C)c(C)cc1C. The lowest BCUT2D eigenvalue weighted by molar-refractivity contribution is -0.120. The number of hydrogen-bond donors (Lipinski definition) is 2. The Kier molecular flexibility index (Phi) is 4.07. The molecule has 3 heteroatoms. The molecule has 1 rings (SSSR count). The molecule has 0 fully saturated rings. The van der Waals surface area contributed by atoms with Crippen molar-refractivity contribution in [3.05, 3.63) is 34.4 Å². The van der Waals surface area contributed by atoms with Crippen molar-refractivity contribution < 1.29 is 4.79 Å². The average molecular weight is 220 g/mol. The Bertz CT molecular complexity index is 399. The summed E-state index contributed by atoms with van der Waals surface area (Å²) in [6, 6.07) is 3.98. The highest BCUT2D eigenvalue weighted by atomic mass is 16.1. The van der Waals surface area contributed by atoms with Crippen molar-refractivity contribution in [1.29, 1.82) is 0 Å². The summed E-state index contributed by atoms with van der Waals surface area (Å²) in [6.45, 7) is 6.17. The van der Waals surface area contributed by atoms with Gasteiger partial charge in [-0.2, -0.15) is 0 Å². The Balaban J connectivity index is 2.95. The fourth-order valence-corrected chi connectivity index (χ4v) is 1.79. The molecule has 1 aromatic carbocycles. The van der Waals surface area contributed by atoms with E-state index in [9.17, 15) is 4.79 Å². The van der Waals surface area contributed by atoms with Gasteiger partial charge in [0, 0.05) is 19.5 Å². The average Bonchev–Trinajstić information content (AvgIpc) is 2.23. The van der Waals surface area contributed by atoms with Crippen LogP contribution in [0.1, 0.15) is 34.7 Å². The summed E-state index contributed by atoms with van der Waals surface area (Å²) < 4.78 is 0. The highest BCUT2D eigenvalue weighted by molar-refractivity contribution is 5.76. The third-order valence-electron chi connectivity index (χ3n) is 2.97. The van der Waals surface area contributed by atoms with Crippen LogP contribution in [0.2, 0.25) is 0 Å².